The number of nitrogens with zero attached hydrogens (tertiary/aromatic N) is 1. The highest BCUT2D eigenvalue weighted by Gasteiger charge is 2.40. The van der Waals surface area contributed by atoms with Crippen LogP contribution in [-0.2, 0) is 9.47 Å². The molecule has 1 aliphatic heterocycles. The van der Waals surface area contributed by atoms with E-state index >= 15 is 0 Å². The Hall–Kier alpha value is -3.22. The van der Waals surface area contributed by atoms with Crippen LogP contribution in [0.4, 0.5) is 0 Å². The second-order valence-electron chi connectivity index (χ2n) is 6.20. The number of fused-ring (bicyclic) bond motifs is 2. The van der Waals surface area contributed by atoms with Crippen molar-refractivity contribution in [2.24, 2.45) is 4.99 Å². The largest absolute Gasteiger partial charge is 0.452 e. The molecular weight excluding hydrogens is 344 g/mol. The smallest absolute Gasteiger partial charge is 0.274 e. The molecule has 136 valence electrons. The molecule has 1 unspecified atom stereocenters. The van der Waals surface area contributed by atoms with Gasteiger partial charge in [0.1, 0.15) is 11.5 Å². The van der Waals surface area contributed by atoms with Gasteiger partial charge in [-0.3, -0.25) is 10.0 Å². The number of nitrogens with one attached hydrogen (secondary N) is 1. The van der Waals surface area contributed by atoms with Crippen LogP contribution in [0.15, 0.2) is 83.1 Å². The SMILES string of the molecule is COC12C=CC=CC1=NC(c1ccc(C(=O)NO)cc1)=C1CC=CC=C1O2. The quantitative estimate of drug-likeness (QED) is 0.639. The van der Waals surface area contributed by atoms with Crippen molar-refractivity contribution in [1.29, 1.82) is 0 Å². The monoisotopic (exact) mass is 362 g/mol. The van der Waals surface area contributed by atoms with E-state index in [0.717, 1.165) is 16.8 Å². The molecule has 6 nitrogen and oxygen atoms in total. The Morgan fingerprint density at radius 2 is 2.07 bits per heavy atom. The van der Waals surface area contributed by atoms with Gasteiger partial charge >= 0.3 is 0 Å². The predicted octanol–water partition coefficient (Wildman–Crippen LogP) is 3.30. The molecule has 1 amide bonds. The van der Waals surface area contributed by atoms with Gasteiger partial charge in [0.15, 0.2) is 0 Å². The summed E-state index contributed by atoms with van der Waals surface area (Å²) in [7, 11) is 1.59. The number of allylic oxidation sites excluding steroid dienone is 6. The second kappa shape index (κ2) is 6.83. The molecule has 0 radical (unpaired) electrons. The molecule has 6 heteroatoms. The number of methoxy groups -OCH3 is 1. The molecule has 2 aliphatic carbocycles. The minimum atomic E-state index is -1.07. The first-order valence-corrected chi connectivity index (χ1v) is 8.51. The lowest BCUT2D eigenvalue weighted by Crippen LogP contribution is -2.41. The van der Waals surface area contributed by atoms with Gasteiger partial charge in [-0.25, -0.2) is 10.5 Å². The Balaban J connectivity index is 1.86. The van der Waals surface area contributed by atoms with E-state index in [1.54, 1.807) is 36.9 Å². The number of hydrogen-bond acceptors (Lipinski definition) is 5. The van der Waals surface area contributed by atoms with E-state index in [0.29, 0.717) is 23.5 Å². The van der Waals surface area contributed by atoms with Crippen molar-refractivity contribution in [3.63, 3.8) is 0 Å². The zero-order valence-electron chi connectivity index (χ0n) is 14.7. The zero-order chi connectivity index (χ0) is 18.9. The first-order chi connectivity index (χ1) is 13.2. The van der Waals surface area contributed by atoms with E-state index < -0.39 is 11.7 Å². The molecule has 1 aromatic rings. The van der Waals surface area contributed by atoms with Gasteiger partial charge in [-0.1, -0.05) is 36.4 Å². The zero-order valence-corrected chi connectivity index (χ0v) is 14.7. The van der Waals surface area contributed by atoms with Crippen LogP contribution in [0.1, 0.15) is 22.3 Å². The van der Waals surface area contributed by atoms with Crippen LogP contribution < -0.4 is 5.48 Å². The fourth-order valence-corrected chi connectivity index (χ4v) is 3.23. The van der Waals surface area contributed by atoms with E-state index in [4.69, 9.17) is 19.7 Å². The highest BCUT2D eigenvalue weighted by Crippen LogP contribution is 2.39. The van der Waals surface area contributed by atoms with Crippen molar-refractivity contribution in [3.05, 3.63) is 89.3 Å². The molecule has 4 rings (SSSR count). The van der Waals surface area contributed by atoms with Crippen LogP contribution in [0.25, 0.3) is 5.70 Å². The molecule has 1 heterocycles. The molecule has 2 N–H and O–H groups in total. The van der Waals surface area contributed by atoms with Crippen LogP contribution in [0, 0.1) is 0 Å². The van der Waals surface area contributed by atoms with Crippen molar-refractivity contribution in [3.8, 4) is 0 Å². The average molecular weight is 362 g/mol. The molecule has 27 heavy (non-hydrogen) atoms. The van der Waals surface area contributed by atoms with E-state index in [9.17, 15) is 4.79 Å². The Labute approximate surface area is 156 Å². The number of ether oxygens (including phenoxy) is 2. The molecule has 0 saturated heterocycles. The number of carbonyl (C=O) groups is 1. The summed E-state index contributed by atoms with van der Waals surface area (Å²) in [6.45, 7) is 0. The van der Waals surface area contributed by atoms with Gasteiger partial charge in [0.2, 0.25) is 0 Å². The third-order valence-corrected chi connectivity index (χ3v) is 4.65. The minimum Gasteiger partial charge on any atom is -0.452 e. The van der Waals surface area contributed by atoms with Crippen molar-refractivity contribution in [2.45, 2.75) is 12.2 Å². The average Bonchev–Trinajstić information content (AvgIpc) is 2.88. The maximum atomic E-state index is 11.6. The molecule has 3 aliphatic rings. The second-order valence-corrected chi connectivity index (χ2v) is 6.20. The number of aliphatic imine (C=N–C) groups is 1. The number of amides is 1. The molecule has 0 fully saturated rings. The number of hydrogen-bond donors (Lipinski definition) is 2. The van der Waals surface area contributed by atoms with Gasteiger partial charge in [-0.2, -0.15) is 0 Å². The molecule has 0 aromatic heterocycles. The van der Waals surface area contributed by atoms with E-state index in [1.165, 1.54) is 0 Å². The molecule has 0 spiro atoms. The van der Waals surface area contributed by atoms with Gasteiger partial charge in [-0.15, -0.1) is 0 Å². The van der Waals surface area contributed by atoms with Crippen LogP contribution in [0.5, 0.6) is 0 Å². The summed E-state index contributed by atoms with van der Waals surface area (Å²) in [5.41, 5.74) is 5.17. The van der Waals surface area contributed by atoms with E-state index in [1.807, 2.05) is 42.5 Å². The summed E-state index contributed by atoms with van der Waals surface area (Å²) in [6, 6.07) is 6.88. The third kappa shape index (κ3) is 2.95. The lowest BCUT2D eigenvalue weighted by molar-refractivity contribution is -0.105. The van der Waals surface area contributed by atoms with Gasteiger partial charge in [-0.05, 0) is 36.8 Å². The Kier molecular flexibility index (Phi) is 4.35. The third-order valence-electron chi connectivity index (χ3n) is 4.65. The van der Waals surface area contributed by atoms with Crippen LogP contribution >= 0.6 is 0 Å². The van der Waals surface area contributed by atoms with Gasteiger partial charge in [0.25, 0.3) is 11.7 Å². The first-order valence-electron chi connectivity index (χ1n) is 8.51. The summed E-state index contributed by atoms with van der Waals surface area (Å²) in [4.78, 5) is 16.5. The molecular formula is C21H18N2O4. The number of hydroxylamine groups is 1. The minimum absolute atomic E-state index is 0.357. The van der Waals surface area contributed by atoms with Gasteiger partial charge in [0.05, 0.1) is 5.70 Å². The van der Waals surface area contributed by atoms with Crippen LogP contribution in [0.2, 0.25) is 0 Å². The molecule has 1 aromatic carbocycles. The highest BCUT2D eigenvalue weighted by atomic mass is 16.7. The highest BCUT2D eigenvalue weighted by molar-refractivity contribution is 6.07. The van der Waals surface area contributed by atoms with Crippen LogP contribution in [0.3, 0.4) is 0 Å². The number of benzene rings is 1. The fraction of sp³-hybridized carbons (Fsp3) is 0.143. The first kappa shape index (κ1) is 17.2. The maximum absolute atomic E-state index is 11.6. The van der Waals surface area contributed by atoms with Crippen molar-refractivity contribution >= 4 is 17.3 Å². The Morgan fingerprint density at radius 1 is 1.26 bits per heavy atom. The summed E-state index contributed by atoms with van der Waals surface area (Å²) < 4.78 is 11.9. The lowest BCUT2D eigenvalue weighted by Gasteiger charge is -2.31. The summed E-state index contributed by atoms with van der Waals surface area (Å²) >= 11 is 0. The standard InChI is InChI=1S/C21H18N2O4/c1-26-21-13-5-4-8-18(21)22-19(16-6-2-3-7-17(16)27-21)14-9-11-15(12-10-14)20(24)23-25/h2-5,7-13,25H,6H2,1H3,(H,23,24). The predicted molar refractivity (Wildman–Crippen MR) is 101 cm³/mol. The molecule has 0 saturated carbocycles. The Morgan fingerprint density at radius 3 is 2.81 bits per heavy atom. The van der Waals surface area contributed by atoms with Crippen molar-refractivity contribution < 1.29 is 19.5 Å². The normalized spacial score (nSPS) is 22.9. The topological polar surface area (TPSA) is 80.2 Å². The summed E-state index contributed by atoms with van der Waals surface area (Å²) in [5, 5.41) is 8.79. The van der Waals surface area contributed by atoms with Crippen molar-refractivity contribution in [1.82, 2.24) is 5.48 Å². The van der Waals surface area contributed by atoms with Gasteiger partial charge < -0.3 is 9.47 Å². The summed E-state index contributed by atoms with van der Waals surface area (Å²) in [5.74, 6) is -0.935. The van der Waals surface area contributed by atoms with Gasteiger partial charge in [0, 0.05) is 23.8 Å². The maximum Gasteiger partial charge on any atom is 0.274 e. The van der Waals surface area contributed by atoms with E-state index in [2.05, 4.69) is 0 Å². The van der Waals surface area contributed by atoms with Crippen molar-refractivity contribution in [2.75, 3.05) is 7.11 Å². The fourth-order valence-electron chi connectivity index (χ4n) is 3.23. The molecule has 0 bridgehead atoms. The van der Waals surface area contributed by atoms with Crippen LogP contribution in [-0.4, -0.2) is 29.7 Å². The molecule has 1 atom stereocenters. The van der Waals surface area contributed by atoms with E-state index in [-0.39, 0.29) is 0 Å². The summed E-state index contributed by atoms with van der Waals surface area (Å²) in [6.07, 6.45) is 14.0. The lowest BCUT2D eigenvalue weighted by atomic mass is 9.98. The number of rotatable bonds is 3. The number of carbonyl (C=O) groups excluding carboxylic acids is 1. The Bertz CT molecular complexity index is 964.